The van der Waals surface area contributed by atoms with E-state index in [9.17, 15) is 9.59 Å². The number of halogens is 1. The fourth-order valence-electron chi connectivity index (χ4n) is 4.37. The predicted octanol–water partition coefficient (Wildman–Crippen LogP) is 2.05. The summed E-state index contributed by atoms with van der Waals surface area (Å²) in [5, 5.41) is 3.23. The second kappa shape index (κ2) is 10.9. The van der Waals surface area contributed by atoms with Crippen molar-refractivity contribution >= 4 is 29.4 Å². The van der Waals surface area contributed by atoms with Gasteiger partial charge in [-0.05, 0) is 24.1 Å². The van der Waals surface area contributed by atoms with Crippen LogP contribution in [0.3, 0.4) is 0 Å². The SMILES string of the molecule is COC(=O)N1CCN(c2cc(Cl)nc(-n3ccnc3)n2)CC1CC(=O)NCCc1ccc2c(c1)OCO2. The molecule has 2 aliphatic rings. The highest BCUT2D eigenvalue weighted by molar-refractivity contribution is 6.29. The van der Waals surface area contributed by atoms with E-state index in [1.165, 1.54) is 7.11 Å². The first kappa shape index (κ1) is 24.6. The average Bonchev–Trinajstić information content (AvgIpc) is 3.60. The van der Waals surface area contributed by atoms with Crippen molar-refractivity contribution in [3.63, 3.8) is 0 Å². The number of aromatic nitrogens is 4. The second-order valence-electron chi connectivity index (χ2n) is 8.57. The van der Waals surface area contributed by atoms with Gasteiger partial charge in [-0.1, -0.05) is 17.7 Å². The summed E-state index contributed by atoms with van der Waals surface area (Å²) in [6.45, 7) is 1.90. The summed E-state index contributed by atoms with van der Waals surface area (Å²) < 4.78 is 17.4. The van der Waals surface area contributed by atoms with E-state index in [4.69, 9.17) is 25.8 Å². The molecule has 37 heavy (non-hydrogen) atoms. The molecule has 4 heterocycles. The number of amides is 2. The van der Waals surface area contributed by atoms with Crippen LogP contribution in [0, 0.1) is 0 Å². The molecule has 1 saturated heterocycles. The lowest BCUT2D eigenvalue weighted by Crippen LogP contribution is -2.56. The first-order valence-electron chi connectivity index (χ1n) is 11.8. The fraction of sp³-hybridized carbons (Fsp3) is 0.375. The van der Waals surface area contributed by atoms with Gasteiger partial charge in [0.2, 0.25) is 18.6 Å². The highest BCUT2D eigenvalue weighted by Crippen LogP contribution is 2.32. The smallest absolute Gasteiger partial charge is 0.409 e. The average molecular weight is 528 g/mol. The van der Waals surface area contributed by atoms with Crippen molar-refractivity contribution < 1.29 is 23.8 Å². The normalized spacial score (nSPS) is 16.5. The Hall–Kier alpha value is -4.06. The fourth-order valence-corrected chi connectivity index (χ4v) is 4.55. The van der Waals surface area contributed by atoms with Crippen molar-refractivity contribution in [1.29, 1.82) is 0 Å². The van der Waals surface area contributed by atoms with Crippen LogP contribution in [0.2, 0.25) is 5.15 Å². The minimum Gasteiger partial charge on any atom is -0.454 e. The van der Waals surface area contributed by atoms with Crippen molar-refractivity contribution in [2.24, 2.45) is 0 Å². The van der Waals surface area contributed by atoms with E-state index >= 15 is 0 Å². The monoisotopic (exact) mass is 527 g/mol. The van der Waals surface area contributed by atoms with E-state index in [1.807, 2.05) is 23.1 Å². The Morgan fingerprint density at radius 3 is 2.86 bits per heavy atom. The molecule has 3 aromatic rings. The number of fused-ring (bicyclic) bond motifs is 1. The number of ether oxygens (including phenoxy) is 3. The minimum absolute atomic E-state index is 0.111. The Bertz CT molecular complexity index is 1270. The molecule has 13 heteroatoms. The molecule has 5 rings (SSSR count). The third kappa shape index (κ3) is 5.69. The Labute approximate surface area is 218 Å². The number of hydrogen-bond donors (Lipinski definition) is 1. The Morgan fingerprint density at radius 1 is 1.19 bits per heavy atom. The van der Waals surface area contributed by atoms with Crippen LogP contribution >= 0.6 is 11.6 Å². The Kier molecular flexibility index (Phi) is 7.26. The zero-order valence-electron chi connectivity index (χ0n) is 20.2. The second-order valence-corrected chi connectivity index (χ2v) is 8.96. The van der Waals surface area contributed by atoms with Gasteiger partial charge in [-0.3, -0.25) is 9.36 Å². The van der Waals surface area contributed by atoms with Crippen LogP contribution in [0.5, 0.6) is 11.5 Å². The third-order valence-electron chi connectivity index (χ3n) is 6.21. The molecule has 0 spiro atoms. The molecule has 2 aromatic heterocycles. The predicted molar refractivity (Wildman–Crippen MR) is 133 cm³/mol. The van der Waals surface area contributed by atoms with Gasteiger partial charge in [0, 0.05) is 51.1 Å². The van der Waals surface area contributed by atoms with E-state index in [0.717, 1.165) is 11.3 Å². The van der Waals surface area contributed by atoms with Gasteiger partial charge in [0.1, 0.15) is 17.3 Å². The number of hydrogen-bond acceptors (Lipinski definition) is 9. The lowest BCUT2D eigenvalue weighted by molar-refractivity contribution is -0.122. The number of methoxy groups -OCH3 is 1. The molecular formula is C24H26ClN7O5. The standard InChI is InChI=1S/C24H26ClN7O5/c1-35-24(34)32-9-8-30(21-12-20(25)28-23(29-21)31-7-6-26-14-31)13-17(32)11-22(33)27-5-4-16-2-3-18-19(10-16)37-15-36-18/h2-3,6-7,10,12,14,17H,4-5,8-9,11,13,15H2,1H3,(H,27,33). The summed E-state index contributed by atoms with van der Waals surface area (Å²) in [5.74, 6) is 2.25. The number of carbonyl (C=O) groups excluding carboxylic acids is 2. The largest absolute Gasteiger partial charge is 0.454 e. The van der Waals surface area contributed by atoms with E-state index < -0.39 is 12.1 Å². The molecule has 0 saturated carbocycles. The maximum absolute atomic E-state index is 12.8. The van der Waals surface area contributed by atoms with Crippen molar-refractivity contribution in [1.82, 2.24) is 29.7 Å². The number of piperazine rings is 1. The molecule has 1 N–H and O–H groups in total. The van der Waals surface area contributed by atoms with Gasteiger partial charge in [-0.2, -0.15) is 4.98 Å². The zero-order chi connectivity index (χ0) is 25.8. The van der Waals surface area contributed by atoms with Gasteiger partial charge in [-0.25, -0.2) is 14.8 Å². The summed E-state index contributed by atoms with van der Waals surface area (Å²) in [4.78, 5) is 41.7. The molecule has 0 bridgehead atoms. The molecular weight excluding hydrogens is 502 g/mol. The van der Waals surface area contributed by atoms with Crippen molar-refractivity contribution in [2.45, 2.75) is 18.9 Å². The van der Waals surface area contributed by atoms with Gasteiger partial charge < -0.3 is 29.3 Å². The van der Waals surface area contributed by atoms with Crippen molar-refractivity contribution in [2.75, 3.05) is 45.0 Å². The molecule has 1 atom stereocenters. The number of imidazole rings is 1. The molecule has 1 aromatic carbocycles. The molecule has 0 radical (unpaired) electrons. The van der Waals surface area contributed by atoms with E-state index in [0.29, 0.717) is 50.1 Å². The molecule has 2 amide bonds. The van der Waals surface area contributed by atoms with Crippen LogP contribution in [0.1, 0.15) is 12.0 Å². The summed E-state index contributed by atoms with van der Waals surface area (Å²) in [6, 6.07) is 6.97. The number of nitrogens with one attached hydrogen (secondary N) is 1. The van der Waals surface area contributed by atoms with Gasteiger partial charge >= 0.3 is 6.09 Å². The molecule has 0 aliphatic carbocycles. The van der Waals surface area contributed by atoms with Crippen molar-refractivity contribution in [3.05, 3.63) is 53.7 Å². The van der Waals surface area contributed by atoms with Gasteiger partial charge in [0.15, 0.2) is 11.5 Å². The lowest BCUT2D eigenvalue weighted by atomic mass is 10.1. The third-order valence-corrected chi connectivity index (χ3v) is 6.41. The van der Waals surface area contributed by atoms with Gasteiger partial charge in [0.25, 0.3) is 0 Å². The minimum atomic E-state index is -0.474. The van der Waals surface area contributed by atoms with E-state index in [2.05, 4.69) is 20.3 Å². The summed E-state index contributed by atoms with van der Waals surface area (Å²) in [6.07, 6.45) is 5.21. The van der Waals surface area contributed by atoms with Crippen molar-refractivity contribution in [3.8, 4) is 17.4 Å². The van der Waals surface area contributed by atoms with Crippen LogP contribution in [-0.4, -0.2) is 82.5 Å². The number of nitrogens with zero attached hydrogens (tertiary/aromatic N) is 6. The van der Waals surface area contributed by atoms with Gasteiger partial charge in [0.05, 0.1) is 13.2 Å². The lowest BCUT2D eigenvalue weighted by Gasteiger charge is -2.40. The number of anilines is 1. The molecule has 1 fully saturated rings. The van der Waals surface area contributed by atoms with Crippen LogP contribution in [0.15, 0.2) is 43.0 Å². The number of carbonyl (C=O) groups is 2. The molecule has 194 valence electrons. The summed E-state index contributed by atoms with van der Waals surface area (Å²) >= 11 is 6.27. The Morgan fingerprint density at radius 2 is 2.05 bits per heavy atom. The highest BCUT2D eigenvalue weighted by atomic mass is 35.5. The first-order valence-corrected chi connectivity index (χ1v) is 12.2. The highest BCUT2D eigenvalue weighted by Gasteiger charge is 2.33. The van der Waals surface area contributed by atoms with Crippen LogP contribution in [0.4, 0.5) is 10.6 Å². The molecule has 12 nitrogen and oxygen atoms in total. The topological polar surface area (TPSA) is 124 Å². The first-order chi connectivity index (χ1) is 18.0. The van der Waals surface area contributed by atoms with Gasteiger partial charge in [-0.15, -0.1) is 0 Å². The number of rotatable bonds is 7. The number of benzene rings is 1. The summed E-state index contributed by atoms with van der Waals surface area (Å²) in [7, 11) is 1.33. The summed E-state index contributed by atoms with van der Waals surface area (Å²) in [5.41, 5.74) is 1.03. The van der Waals surface area contributed by atoms with Crippen LogP contribution < -0.4 is 19.7 Å². The maximum Gasteiger partial charge on any atom is 0.409 e. The Balaban J connectivity index is 1.23. The quantitative estimate of drug-likeness (QED) is 0.460. The zero-order valence-corrected chi connectivity index (χ0v) is 20.9. The van der Waals surface area contributed by atoms with Crippen LogP contribution in [0.25, 0.3) is 5.95 Å². The molecule has 2 aliphatic heterocycles. The van der Waals surface area contributed by atoms with E-state index in [1.54, 1.807) is 34.3 Å². The molecule has 1 unspecified atom stereocenters. The van der Waals surface area contributed by atoms with Crippen LogP contribution in [-0.2, 0) is 16.0 Å². The van der Waals surface area contributed by atoms with E-state index in [-0.39, 0.29) is 24.3 Å². The maximum atomic E-state index is 12.8.